The molecule has 0 heterocycles. The van der Waals surface area contributed by atoms with Crippen LogP contribution in [-0.2, 0) is 10.2 Å². The van der Waals surface area contributed by atoms with Crippen LogP contribution in [0.5, 0.6) is 0 Å². The highest BCUT2D eigenvalue weighted by Gasteiger charge is 2.48. The molecule has 0 bridgehead atoms. The predicted molar refractivity (Wildman–Crippen MR) is 65.6 cm³/mol. The van der Waals surface area contributed by atoms with E-state index in [1.807, 2.05) is 0 Å². The van der Waals surface area contributed by atoms with Crippen molar-refractivity contribution in [2.45, 2.75) is 37.8 Å². The van der Waals surface area contributed by atoms with Gasteiger partial charge in [-0.15, -0.1) is 0 Å². The molecule has 2 rings (SSSR count). The molecule has 104 valence electrons. The SMILES string of the molecule is CC(C)(c1ccc(C2CC2C(N)=O)cc1)C(F)(F)F. The number of carbonyl (C=O) groups excluding carboxylic acids is 1. The van der Waals surface area contributed by atoms with Gasteiger partial charge in [0.15, 0.2) is 0 Å². The number of nitrogens with two attached hydrogens (primary N) is 1. The highest BCUT2D eigenvalue weighted by atomic mass is 19.4. The Labute approximate surface area is 109 Å². The summed E-state index contributed by atoms with van der Waals surface area (Å²) in [5.74, 6) is -0.438. The second kappa shape index (κ2) is 4.25. The summed E-state index contributed by atoms with van der Waals surface area (Å²) in [7, 11) is 0. The summed E-state index contributed by atoms with van der Waals surface area (Å²) in [4.78, 5) is 11.0. The third kappa shape index (κ3) is 2.46. The fraction of sp³-hybridized carbons (Fsp3) is 0.500. The van der Waals surface area contributed by atoms with Crippen molar-refractivity contribution in [2.24, 2.45) is 11.7 Å². The van der Waals surface area contributed by atoms with Gasteiger partial charge in [-0.1, -0.05) is 24.3 Å². The second-order valence-electron chi connectivity index (χ2n) is 5.60. The fourth-order valence-electron chi connectivity index (χ4n) is 2.19. The lowest BCUT2D eigenvalue weighted by molar-refractivity contribution is -0.180. The van der Waals surface area contributed by atoms with Crippen LogP contribution in [0.1, 0.15) is 37.3 Å². The van der Waals surface area contributed by atoms with E-state index in [2.05, 4.69) is 0 Å². The zero-order valence-corrected chi connectivity index (χ0v) is 10.8. The molecule has 0 aromatic heterocycles. The molecule has 1 fully saturated rings. The Hall–Kier alpha value is -1.52. The van der Waals surface area contributed by atoms with Gasteiger partial charge in [0.05, 0.1) is 5.41 Å². The molecule has 0 saturated heterocycles. The van der Waals surface area contributed by atoms with Crippen LogP contribution in [0, 0.1) is 5.92 Å². The van der Waals surface area contributed by atoms with Crippen molar-refractivity contribution in [3.05, 3.63) is 35.4 Å². The van der Waals surface area contributed by atoms with Crippen LogP contribution in [0.15, 0.2) is 24.3 Å². The topological polar surface area (TPSA) is 43.1 Å². The molecule has 1 aliphatic rings. The molecule has 19 heavy (non-hydrogen) atoms. The Bertz CT molecular complexity index is 490. The average Bonchev–Trinajstić information content (AvgIpc) is 3.07. The zero-order chi connectivity index (χ0) is 14.4. The normalized spacial score (nSPS) is 23.2. The minimum absolute atomic E-state index is 0.0700. The van der Waals surface area contributed by atoms with E-state index in [0.717, 1.165) is 19.4 Å². The molecular formula is C14H16F3NO. The molecule has 5 heteroatoms. The van der Waals surface area contributed by atoms with E-state index >= 15 is 0 Å². The first kappa shape index (κ1) is 13.9. The van der Waals surface area contributed by atoms with E-state index in [1.54, 1.807) is 12.1 Å². The second-order valence-corrected chi connectivity index (χ2v) is 5.60. The molecule has 1 aliphatic carbocycles. The molecule has 1 aromatic carbocycles. The van der Waals surface area contributed by atoms with Crippen LogP contribution in [0.25, 0.3) is 0 Å². The molecule has 1 amide bonds. The summed E-state index contributed by atoms with van der Waals surface area (Å²) in [6, 6.07) is 6.30. The number of rotatable bonds is 3. The van der Waals surface area contributed by atoms with E-state index < -0.39 is 11.6 Å². The molecule has 1 aromatic rings. The van der Waals surface area contributed by atoms with E-state index in [4.69, 9.17) is 5.73 Å². The third-order valence-electron chi connectivity index (χ3n) is 3.93. The molecule has 2 N–H and O–H groups in total. The van der Waals surface area contributed by atoms with Gasteiger partial charge in [0.25, 0.3) is 0 Å². The highest BCUT2D eigenvalue weighted by molar-refractivity contribution is 5.81. The van der Waals surface area contributed by atoms with Crippen molar-refractivity contribution in [1.82, 2.24) is 0 Å². The van der Waals surface area contributed by atoms with E-state index in [1.165, 1.54) is 12.1 Å². The maximum Gasteiger partial charge on any atom is 0.397 e. The molecule has 2 nitrogen and oxygen atoms in total. The fourth-order valence-corrected chi connectivity index (χ4v) is 2.19. The third-order valence-corrected chi connectivity index (χ3v) is 3.93. The molecular weight excluding hydrogens is 255 g/mol. The number of alkyl halides is 3. The van der Waals surface area contributed by atoms with Crippen molar-refractivity contribution >= 4 is 5.91 Å². The number of primary amides is 1. The highest BCUT2D eigenvalue weighted by Crippen LogP contribution is 2.48. The maximum absolute atomic E-state index is 12.9. The van der Waals surface area contributed by atoms with Gasteiger partial charge in [0, 0.05) is 5.92 Å². The number of carbonyl (C=O) groups is 1. The Morgan fingerprint density at radius 3 is 2.11 bits per heavy atom. The van der Waals surface area contributed by atoms with Gasteiger partial charge in [0.2, 0.25) is 5.91 Å². The van der Waals surface area contributed by atoms with Crippen molar-refractivity contribution in [3.8, 4) is 0 Å². The monoisotopic (exact) mass is 271 g/mol. The lowest BCUT2D eigenvalue weighted by atomic mass is 9.83. The maximum atomic E-state index is 12.9. The van der Waals surface area contributed by atoms with E-state index in [9.17, 15) is 18.0 Å². The minimum Gasteiger partial charge on any atom is -0.369 e. The van der Waals surface area contributed by atoms with Crippen LogP contribution in [0.4, 0.5) is 13.2 Å². The van der Waals surface area contributed by atoms with Gasteiger partial charge >= 0.3 is 6.18 Å². The molecule has 0 radical (unpaired) electrons. The summed E-state index contributed by atoms with van der Waals surface area (Å²) < 4.78 is 38.7. The lowest BCUT2D eigenvalue weighted by Crippen LogP contribution is -2.36. The van der Waals surface area contributed by atoms with Crippen molar-refractivity contribution < 1.29 is 18.0 Å². The van der Waals surface area contributed by atoms with Gasteiger partial charge in [-0.05, 0) is 37.3 Å². The van der Waals surface area contributed by atoms with Gasteiger partial charge in [-0.3, -0.25) is 4.79 Å². The summed E-state index contributed by atoms with van der Waals surface area (Å²) in [5, 5.41) is 0. The van der Waals surface area contributed by atoms with Crippen molar-refractivity contribution in [1.29, 1.82) is 0 Å². The van der Waals surface area contributed by atoms with E-state index in [0.29, 0.717) is 6.42 Å². The molecule has 0 aliphatic heterocycles. The Morgan fingerprint density at radius 1 is 1.21 bits per heavy atom. The standard InChI is InChI=1S/C14H16F3NO/c1-13(2,14(15,16)17)9-5-3-8(4-6-9)10-7-11(10)12(18)19/h3-6,10-11H,7H2,1-2H3,(H2,18,19). The molecule has 1 saturated carbocycles. The number of hydrogen-bond donors (Lipinski definition) is 1. The number of halogens is 3. The lowest BCUT2D eigenvalue weighted by Gasteiger charge is -2.28. The van der Waals surface area contributed by atoms with Crippen LogP contribution in [0.2, 0.25) is 0 Å². The van der Waals surface area contributed by atoms with Gasteiger partial charge in [-0.25, -0.2) is 0 Å². The first-order chi connectivity index (χ1) is 8.64. The molecule has 0 spiro atoms. The van der Waals surface area contributed by atoms with Gasteiger partial charge < -0.3 is 5.73 Å². The summed E-state index contributed by atoms with van der Waals surface area (Å²) in [6.45, 7) is 2.32. The minimum atomic E-state index is -4.29. The molecule has 2 atom stereocenters. The Balaban J connectivity index is 2.18. The number of benzene rings is 1. The van der Waals surface area contributed by atoms with Crippen LogP contribution in [0.3, 0.4) is 0 Å². The van der Waals surface area contributed by atoms with Crippen LogP contribution >= 0.6 is 0 Å². The van der Waals surface area contributed by atoms with Crippen molar-refractivity contribution in [3.63, 3.8) is 0 Å². The average molecular weight is 271 g/mol. The van der Waals surface area contributed by atoms with Gasteiger partial charge in [0.1, 0.15) is 0 Å². The quantitative estimate of drug-likeness (QED) is 0.901. The van der Waals surface area contributed by atoms with Crippen LogP contribution < -0.4 is 5.73 Å². The summed E-state index contributed by atoms with van der Waals surface area (Å²) in [5.41, 5.74) is 4.42. The zero-order valence-electron chi connectivity index (χ0n) is 10.8. The molecule has 2 unspecified atom stereocenters. The summed E-state index contributed by atoms with van der Waals surface area (Å²) >= 11 is 0. The van der Waals surface area contributed by atoms with Crippen molar-refractivity contribution in [2.75, 3.05) is 0 Å². The van der Waals surface area contributed by atoms with E-state index in [-0.39, 0.29) is 23.3 Å². The predicted octanol–water partition coefficient (Wildman–Crippen LogP) is 3.12. The first-order valence-electron chi connectivity index (χ1n) is 6.11. The first-order valence-corrected chi connectivity index (χ1v) is 6.11. The number of amides is 1. The van der Waals surface area contributed by atoms with Gasteiger partial charge in [-0.2, -0.15) is 13.2 Å². The smallest absolute Gasteiger partial charge is 0.369 e. The Kier molecular flexibility index (Phi) is 3.11. The summed E-state index contributed by atoms with van der Waals surface area (Å²) in [6.07, 6.45) is -3.60. The van der Waals surface area contributed by atoms with Crippen LogP contribution in [-0.4, -0.2) is 12.1 Å². The number of hydrogen-bond acceptors (Lipinski definition) is 1. The largest absolute Gasteiger partial charge is 0.397 e. The Morgan fingerprint density at radius 2 is 1.74 bits per heavy atom.